The summed E-state index contributed by atoms with van der Waals surface area (Å²) in [6, 6.07) is 7.92. The number of piperidine rings is 1. The van der Waals surface area contributed by atoms with E-state index in [-0.39, 0.29) is 36.8 Å². The van der Waals surface area contributed by atoms with Gasteiger partial charge in [-0.3, -0.25) is 4.79 Å². The molecule has 1 heterocycles. The Balaban J connectivity index is 0.00000312. The monoisotopic (exact) mass is 423 g/mol. The second-order valence-corrected chi connectivity index (χ2v) is 7.48. The first-order valence-electron chi connectivity index (χ1n) is 8.87. The molecule has 1 aromatic carbocycles. The lowest BCUT2D eigenvalue weighted by Gasteiger charge is -2.29. The summed E-state index contributed by atoms with van der Waals surface area (Å²) >= 11 is 6.32. The molecule has 1 aromatic rings. The molecule has 4 nitrogen and oxygen atoms in total. The van der Waals surface area contributed by atoms with E-state index in [1.807, 2.05) is 38.4 Å². The van der Waals surface area contributed by atoms with Crippen molar-refractivity contribution in [1.82, 2.24) is 15.5 Å². The van der Waals surface area contributed by atoms with Gasteiger partial charge in [0.15, 0.2) is 0 Å². The minimum Gasteiger partial charge on any atom is -0.354 e. The third kappa shape index (κ3) is 7.61. The lowest BCUT2D eigenvalue weighted by molar-refractivity contribution is -0.122. The molecule has 2 N–H and O–H groups in total. The fourth-order valence-corrected chi connectivity index (χ4v) is 3.73. The fraction of sp³-hybridized carbons (Fsp3) is 0.632. The van der Waals surface area contributed by atoms with Crippen LogP contribution in [0.5, 0.6) is 0 Å². The van der Waals surface area contributed by atoms with E-state index in [0.717, 1.165) is 23.7 Å². The van der Waals surface area contributed by atoms with Crippen LogP contribution >= 0.6 is 36.4 Å². The average Bonchev–Trinajstić information content (AvgIpc) is 2.57. The van der Waals surface area contributed by atoms with E-state index in [1.165, 1.54) is 12.8 Å². The maximum Gasteiger partial charge on any atom is 0.220 e. The smallest absolute Gasteiger partial charge is 0.220 e. The summed E-state index contributed by atoms with van der Waals surface area (Å²) in [5, 5.41) is 7.23. The maximum absolute atomic E-state index is 12.4. The Morgan fingerprint density at radius 3 is 2.46 bits per heavy atom. The Bertz CT molecular complexity index is 537. The summed E-state index contributed by atoms with van der Waals surface area (Å²) in [5.74, 6) is 1.23. The molecule has 0 aromatic heterocycles. The van der Waals surface area contributed by atoms with E-state index in [9.17, 15) is 4.79 Å². The van der Waals surface area contributed by atoms with Crippen molar-refractivity contribution in [3.8, 4) is 0 Å². The zero-order chi connectivity index (χ0) is 17.5. The summed E-state index contributed by atoms with van der Waals surface area (Å²) in [4.78, 5) is 14.5. The van der Waals surface area contributed by atoms with Gasteiger partial charge in [0.25, 0.3) is 0 Å². The molecule has 0 aliphatic carbocycles. The van der Waals surface area contributed by atoms with Crippen molar-refractivity contribution in [3.05, 3.63) is 34.9 Å². The van der Waals surface area contributed by atoms with Gasteiger partial charge in [-0.2, -0.15) is 0 Å². The van der Waals surface area contributed by atoms with E-state index in [0.29, 0.717) is 24.8 Å². The molecule has 2 atom stereocenters. The summed E-state index contributed by atoms with van der Waals surface area (Å²) in [7, 11) is 4.02. The number of benzene rings is 1. The predicted molar refractivity (Wildman–Crippen MR) is 115 cm³/mol. The molecule has 2 rings (SSSR count). The van der Waals surface area contributed by atoms with Crippen LogP contribution in [0.1, 0.15) is 37.8 Å². The topological polar surface area (TPSA) is 44.4 Å². The van der Waals surface area contributed by atoms with Crippen molar-refractivity contribution in [2.45, 2.75) is 32.2 Å². The largest absolute Gasteiger partial charge is 0.354 e. The standard InChI is InChI=1S/C19H30ClN3O.2ClH/c1-14(15-8-10-21-11-9-15)12-19(24)22-13-18(23(2)3)16-6-4-5-7-17(16)20;;/h4-7,14-15,18,21H,8-13H2,1-3H3,(H,22,24);2*1H. The van der Waals surface area contributed by atoms with Gasteiger partial charge in [-0.05, 0) is 63.5 Å². The minimum absolute atomic E-state index is 0. The van der Waals surface area contributed by atoms with Crippen LogP contribution in [0.3, 0.4) is 0 Å². The van der Waals surface area contributed by atoms with E-state index in [2.05, 4.69) is 22.5 Å². The molecule has 1 saturated heterocycles. The van der Waals surface area contributed by atoms with Crippen LogP contribution in [-0.4, -0.2) is 44.5 Å². The fourth-order valence-electron chi connectivity index (χ4n) is 3.47. The number of nitrogens with zero attached hydrogens (tertiary/aromatic N) is 1. The Labute approximate surface area is 175 Å². The highest BCUT2D eigenvalue weighted by Crippen LogP contribution is 2.26. The number of halogens is 3. The zero-order valence-electron chi connectivity index (χ0n) is 15.8. The molecule has 7 heteroatoms. The second-order valence-electron chi connectivity index (χ2n) is 7.07. The first-order valence-corrected chi connectivity index (χ1v) is 9.25. The van der Waals surface area contributed by atoms with Crippen molar-refractivity contribution >= 4 is 42.3 Å². The van der Waals surface area contributed by atoms with Crippen molar-refractivity contribution in [1.29, 1.82) is 0 Å². The Kier molecular flexibility index (Phi) is 12.5. The van der Waals surface area contributed by atoms with Crippen molar-refractivity contribution in [3.63, 3.8) is 0 Å². The molecule has 0 saturated carbocycles. The number of rotatable bonds is 7. The highest BCUT2D eigenvalue weighted by Gasteiger charge is 2.23. The summed E-state index contributed by atoms with van der Waals surface area (Å²) < 4.78 is 0. The van der Waals surface area contributed by atoms with Gasteiger partial charge in [-0.15, -0.1) is 24.8 Å². The summed E-state index contributed by atoms with van der Waals surface area (Å²) in [5.41, 5.74) is 1.05. The van der Waals surface area contributed by atoms with Gasteiger partial charge in [0.1, 0.15) is 0 Å². The first kappa shape index (κ1) is 25.5. The third-order valence-corrected chi connectivity index (χ3v) is 5.42. The zero-order valence-corrected chi connectivity index (χ0v) is 18.2. The molecule has 1 aliphatic rings. The molecular formula is C19H32Cl3N3O. The van der Waals surface area contributed by atoms with Crippen LogP contribution in [0.2, 0.25) is 5.02 Å². The molecule has 26 heavy (non-hydrogen) atoms. The lowest BCUT2D eigenvalue weighted by atomic mass is 9.84. The number of likely N-dealkylation sites (N-methyl/N-ethyl adjacent to an activating group) is 1. The summed E-state index contributed by atoms with van der Waals surface area (Å²) in [6.45, 7) is 4.93. The maximum atomic E-state index is 12.4. The van der Waals surface area contributed by atoms with Crippen LogP contribution in [-0.2, 0) is 4.79 Å². The molecule has 2 unspecified atom stereocenters. The van der Waals surface area contributed by atoms with Gasteiger partial charge in [0.05, 0.1) is 6.04 Å². The predicted octanol–water partition coefficient (Wildman–Crippen LogP) is 3.93. The van der Waals surface area contributed by atoms with Gasteiger partial charge in [0, 0.05) is 18.0 Å². The number of hydrogen-bond donors (Lipinski definition) is 2. The third-order valence-electron chi connectivity index (χ3n) is 5.08. The second kappa shape index (κ2) is 12.8. The van der Waals surface area contributed by atoms with E-state index in [1.54, 1.807) is 0 Å². The number of hydrogen-bond acceptors (Lipinski definition) is 3. The van der Waals surface area contributed by atoms with Gasteiger partial charge < -0.3 is 15.5 Å². The van der Waals surface area contributed by atoms with E-state index < -0.39 is 0 Å². The Hall–Kier alpha value is -0.520. The number of nitrogens with one attached hydrogen (secondary N) is 2. The molecule has 0 spiro atoms. The van der Waals surface area contributed by atoms with Gasteiger partial charge in [-0.25, -0.2) is 0 Å². The molecular weight excluding hydrogens is 393 g/mol. The quantitative estimate of drug-likeness (QED) is 0.697. The van der Waals surface area contributed by atoms with Gasteiger partial charge >= 0.3 is 0 Å². The highest BCUT2D eigenvalue weighted by molar-refractivity contribution is 6.31. The molecule has 1 amide bonds. The molecule has 150 valence electrons. The number of amides is 1. The van der Waals surface area contributed by atoms with Crippen LogP contribution in [0.4, 0.5) is 0 Å². The van der Waals surface area contributed by atoms with Crippen molar-refractivity contribution in [2.24, 2.45) is 11.8 Å². The number of carbonyl (C=O) groups excluding carboxylic acids is 1. The van der Waals surface area contributed by atoms with Crippen LogP contribution in [0.25, 0.3) is 0 Å². The van der Waals surface area contributed by atoms with Gasteiger partial charge in [0.2, 0.25) is 5.91 Å². The normalized spacial score (nSPS) is 17.0. The molecule has 1 aliphatic heterocycles. The van der Waals surface area contributed by atoms with E-state index in [4.69, 9.17) is 11.6 Å². The van der Waals surface area contributed by atoms with E-state index >= 15 is 0 Å². The highest BCUT2D eigenvalue weighted by atomic mass is 35.5. The Morgan fingerprint density at radius 1 is 1.27 bits per heavy atom. The van der Waals surface area contributed by atoms with Crippen LogP contribution in [0.15, 0.2) is 24.3 Å². The van der Waals surface area contributed by atoms with Crippen LogP contribution < -0.4 is 10.6 Å². The first-order chi connectivity index (χ1) is 11.5. The van der Waals surface area contributed by atoms with Crippen molar-refractivity contribution < 1.29 is 4.79 Å². The van der Waals surface area contributed by atoms with Crippen molar-refractivity contribution in [2.75, 3.05) is 33.7 Å². The SMILES string of the molecule is CC(CC(=O)NCC(c1ccccc1Cl)N(C)C)C1CCNCC1.Cl.Cl. The Morgan fingerprint density at radius 2 is 1.88 bits per heavy atom. The summed E-state index contributed by atoms with van der Waals surface area (Å²) in [6.07, 6.45) is 2.95. The minimum atomic E-state index is 0. The average molecular weight is 425 g/mol. The lowest BCUT2D eigenvalue weighted by Crippen LogP contribution is -2.37. The molecule has 1 fully saturated rings. The molecule has 0 bridgehead atoms. The number of carbonyl (C=O) groups is 1. The molecule has 0 radical (unpaired) electrons. The van der Waals surface area contributed by atoms with Crippen LogP contribution in [0, 0.1) is 11.8 Å². The van der Waals surface area contributed by atoms with Gasteiger partial charge in [-0.1, -0.05) is 36.7 Å².